The first-order valence-electron chi connectivity index (χ1n) is 7.57. The van der Waals surface area contributed by atoms with Crippen LogP contribution >= 0.6 is 0 Å². The minimum atomic E-state index is -0.202. The summed E-state index contributed by atoms with van der Waals surface area (Å²) in [6, 6.07) is 5.64. The second-order valence-electron chi connectivity index (χ2n) is 6.08. The number of carbonyl (C=O) groups is 1. The second kappa shape index (κ2) is 6.78. The van der Waals surface area contributed by atoms with Crippen molar-refractivity contribution in [3.63, 3.8) is 0 Å². The fourth-order valence-corrected chi connectivity index (χ4v) is 2.89. The first kappa shape index (κ1) is 15.6. The van der Waals surface area contributed by atoms with Crippen molar-refractivity contribution in [3.8, 4) is 11.8 Å². The third-order valence-electron chi connectivity index (χ3n) is 4.09. The predicted octanol–water partition coefficient (Wildman–Crippen LogP) is 2.79. The van der Waals surface area contributed by atoms with Crippen molar-refractivity contribution in [3.05, 3.63) is 34.9 Å². The van der Waals surface area contributed by atoms with E-state index >= 15 is 0 Å². The number of aliphatic hydroxyl groups is 1. The topological polar surface area (TPSA) is 49.3 Å². The molecule has 112 valence electrons. The van der Waals surface area contributed by atoms with Crippen molar-refractivity contribution < 1.29 is 9.90 Å². The molecule has 0 radical (unpaired) electrons. The van der Waals surface area contributed by atoms with Crippen LogP contribution in [0.4, 0.5) is 0 Å². The molecule has 1 aromatic carbocycles. The van der Waals surface area contributed by atoms with Crippen LogP contribution in [0, 0.1) is 18.8 Å². The summed E-state index contributed by atoms with van der Waals surface area (Å²) >= 11 is 0. The van der Waals surface area contributed by atoms with Crippen molar-refractivity contribution in [2.75, 3.05) is 6.61 Å². The van der Waals surface area contributed by atoms with Crippen LogP contribution in [0.3, 0.4) is 0 Å². The van der Waals surface area contributed by atoms with Gasteiger partial charge in [0.2, 0.25) is 0 Å². The molecule has 2 N–H and O–H groups in total. The Kier molecular flexibility index (Phi) is 5.03. The minimum Gasteiger partial charge on any atom is -0.384 e. The van der Waals surface area contributed by atoms with Crippen LogP contribution in [-0.4, -0.2) is 23.2 Å². The molecule has 0 atom stereocenters. The first-order valence-corrected chi connectivity index (χ1v) is 7.57. The Labute approximate surface area is 126 Å². The summed E-state index contributed by atoms with van der Waals surface area (Å²) in [5.41, 5.74) is 2.19. The van der Waals surface area contributed by atoms with Gasteiger partial charge in [0.25, 0.3) is 5.91 Å². The number of carbonyl (C=O) groups excluding carboxylic acids is 1. The lowest BCUT2D eigenvalue weighted by Gasteiger charge is -2.34. The number of nitrogens with one attached hydrogen (secondary N) is 1. The van der Waals surface area contributed by atoms with Crippen LogP contribution in [0.1, 0.15) is 60.5 Å². The Morgan fingerprint density at radius 1 is 1.33 bits per heavy atom. The molecule has 0 aliphatic heterocycles. The van der Waals surface area contributed by atoms with Gasteiger partial charge in [-0.3, -0.25) is 4.79 Å². The third-order valence-corrected chi connectivity index (χ3v) is 4.09. The zero-order chi connectivity index (χ0) is 15.3. The Balaban J connectivity index is 2.23. The molecule has 0 unspecified atom stereocenters. The van der Waals surface area contributed by atoms with Crippen molar-refractivity contribution in [1.29, 1.82) is 0 Å². The van der Waals surface area contributed by atoms with E-state index < -0.39 is 0 Å². The summed E-state index contributed by atoms with van der Waals surface area (Å²) in [6.45, 7) is 3.88. The lowest BCUT2D eigenvalue weighted by atomic mass is 9.83. The van der Waals surface area contributed by atoms with E-state index in [4.69, 9.17) is 5.11 Å². The number of aliphatic hydroxyl groups excluding tert-OH is 1. The van der Waals surface area contributed by atoms with Gasteiger partial charge in [0.05, 0.1) is 5.56 Å². The maximum Gasteiger partial charge on any atom is 0.252 e. The maximum absolute atomic E-state index is 12.6. The highest BCUT2D eigenvalue weighted by Gasteiger charge is 2.29. The summed E-state index contributed by atoms with van der Waals surface area (Å²) in [5.74, 6) is 5.41. The molecule has 0 aromatic heterocycles. The van der Waals surface area contributed by atoms with Crippen molar-refractivity contribution in [2.45, 2.75) is 51.5 Å². The molecule has 1 aliphatic rings. The summed E-state index contributed by atoms with van der Waals surface area (Å²) in [4.78, 5) is 12.6. The molecule has 3 nitrogen and oxygen atoms in total. The summed E-state index contributed by atoms with van der Waals surface area (Å²) in [6.07, 6.45) is 5.65. The number of rotatable bonds is 2. The largest absolute Gasteiger partial charge is 0.384 e. The molecule has 2 rings (SSSR count). The zero-order valence-electron chi connectivity index (χ0n) is 12.8. The Morgan fingerprint density at radius 3 is 2.71 bits per heavy atom. The number of amides is 1. The van der Waals surface area contributed by atoms with E-state index in [1.807, 2.05) is 25.1 Å². The molecule has 1 saturated carbocycles. The smallest absolute Gasteiger partial charge is 0.252 e. The number of hydrogen-bond acceptors (Lipinski definition) is 2. The van der Waals surface area contributed by atoms with Gasteiger partial charge in [0, 0.05) is 11.1 Å². The molecule has 0 heterocycles. The van der Waals surface area contributed by atoms with E-state index in [2.05, 4.69) is 24.1 Å². The highest BCUT2D eigenvalue weighted by Crippen LogP contribution is 2.28. The van der Waals surface area contributed by atoms with Crippen LogP contribution in [0.25, 0.3) is 0 Å². The average molecular weight is 285 g/mol. The van der Waals surface area contributed by atoms with Crippen LogP contribution in [0.15, 0.2) is 18.2 Å². The third kappa shape index (κ3) is 4.09. The van der Waals surface area contributed by atoms with Crippen LogP contribution in [-0.2, 0) is 0 Å². The molecular formula is C18H23NO2. The fourth-order valence-electron chi connectivity index (χ4n) is 2.89. The van der Waals surface area contributed by atoms with Crippen LogP contribution in [0.2, 0.25) is 0 Å². The second-order valence-corrected chi connectivity index (χ2v) is 6.08. The van der Waals surface area contributed by atoms with Crippen LogP contribution in [0.5, 0.6) is 0 Å². The summed E-state index contributed by atoms with van der Waals surface area (Å²) < 4.78 is 0. The van der Waals surface area contributed by atoms with Gasteiger partial charge in [-0.2, -0.15) is 0 Å². The van der Waals surface area contributed by atoms with Gasteiger partial charge in [0.1, 0.15) is 6.61 Å². The van der Waals surface area contributed by atoms with Crippen molar-refractivity contribution in [1.82, 2.24) is 5.32 Å². The molecule has 1 amide bonds. The summed E-state index contributed by atoms with van der Waals surface area (Å²) in [5, 5.41) is 12.0. The zero-order valence-corrected chi connectivity index (χ0v) is 12.8. The monoisotopic (exact) mass is 285 g/mol. The van der Waals surface area contributed by atoms with E-state index in [0.29, 0.717) is 11.1 Å². The number of hydrogen-bond donors (Lipinski definition) is 2. The van der Waals surface area contributed by atoms with E-state index in [1.165, 1.54) is 19.3 Å². The molecule has 1 fully saturated rings. The standard InChI is InChI=1S/C18H23NO2/c1-14-8-9-15(7-6-12-20)16(13-14)17(21)19-18(2)10-4-3-5-11-18/h8-9,13,20H,3-5,10-12H2,1-2H3,(H,19,21). The molecule has 0 saturated heterocycles. The minimum absolute atomic E-state index is 0.0645. The van der Waals surface area contributed by atoms with Crippen molar-refractivity contribution in [2.24, 2.45) is 0 Å². The first-order chi connectivity index (χ1) is 10.0. The summed E-state index contributed by atoms with van der Waals surface area (Å²) in [7, 11) is 0. The van der Waals surface area contributed by atoms with E-state index in [-0.39, 0.29) is 18.1 Å². The molecule has 3 heteroatoms. The van der Waals surface area contributed by atoms with Crippen molar-refractivity contribution >= 4 is 5.91 Å². The SMILES string of the molecule is Cc1ccc(C#CCO)c(C(=O)NC2(C)CCCCC2)c1. The number of benzene rings is 1. The molecule has 21 heavy (non-hydrogen) atoms. The van der Waals surface area contributed by atoms with Gasteiger partial charge in [0.15, 0.2) is 0 Å². The Bertz CT molecular complexity index is 575. The number of aryl methyl sites for hydroxylation is 1. The van der Waals surface area contributed by atoms with Gasteiger partial charge in [-0.25, -0.2) is 0 Å². The molecule has 1 aromatic rings. The molecular weight excluding hydrogens is 262 g/mol. The van der Waals surface area contributed by atoms with Gasteiger partial charge in [-0.15, -0.1) is 0 Å². The van der Waals surface area contributed by atoms with E-state index in [1.54, 1.807) is 0 Å². The van der Waals surface area contributed by atoms with Gasteiger partial charge in [-0.1, -0.05) is 42.7 Å². The molecule has 1 aliphatic carbocycles. The highest BCUT2D eigenvalue weighted by molar-refractivity contribution is 5.97. The van der Waals surface area contributed by atoms with Gasteiger partial charge in [-0.05, 0) is 38.8 Å². The lowest BCUT2D eigenvalue weighted by Crippen LogP contribution is -2.47. The van der Waals surface area contributed by atoms with E-state index in [0.717, 1.165) is 18.4 Å². The normalized spacial score (nSPS) is 16.7. The average Bonchev–Trinajstić information content (AvgIpc) is 2.46. The van der Waals surface area contributed by atoms with Gasteiger partial charge < -0.3 is 10.4 Å². The van der Waals surface area contributed by atoms with Crippen LogP contribution < -0.4 is 5.32 Å². The highest BCUT2D eigenvalue weighted by atomic mass is 16.2. The Hall–Kier alpha value is -1.79. The molecule has 0 spiro atoms. The van der Waals surface area contributed by atoms with Gasteiger partial charge >= 0.3 is 0 Å². The molecule has 0 bridgehead atoms. The maximum atomic E-state index is 12.6. The Morgan fingerprint density at radius 2 is 2.05 bits per heavy atom. The predicted molar refractivity (Wildman–Crippen MR) is 84.1 cm³/mol. The quantitative estimate of drug-likeness (QED) is 0.821. The van der Waals surface area contributed by atoms with E-state index in [9.17, 15) is 4.79 Å². The fraction of sp³-hybridized carbons (Fsp3) is 0.500. The lowest BCUT2D eigenvalue weighted by molar-refractivity contribution is 0.0882.